The Labute approximate surface area is 120 Å². The summed E-state index contributed by atoms with van der Waals surface area (Å²) in [4.78, 5) is 0. The number of hydrogen-bond donors (Lipinski definition) is 2. The van der Waals surface area contributed by atoms with Crippen LogP contribution in [0.3, 0.4) is 0 Å². The normalized spacial score (nSPS) is 23.8. The van der Waals surface area contributed by atoms with Gasteiger partial charge in [-0.2, -0.15) is 5.10 Å². The third-order valence-electron chi connectivity index (χ3n) is 3.79. The molecule has 3 atom stereocenters. The summed E-state index contributed by atoms with van der Waals surface area (Å²) >= 11 is 0. The van der Waals surface area contributed by atoms with Crippen LogP contribution >= 0.6 is 0 Å². The quantitative estimate of drug-likeness (QED) is 0.747. The standard InChI is InChI=1S/C15H25N3O2/c1-12-5-3-4-6-13(12)10-20-11-14(19)9-16-15-7-8-18(2)17-15/h3-4,7-8,12-14,19H,5-6,9-11H2,1-2H3,(H,16,17). The van der Waals surface area contributed by atoms with Crippen LogP contribution in [0.4, 0.5) is 5.82 Å². The highest BCUT2D eigenvalue weighted by molar-refractivity contribution is 5.31. The smallest absolute Gasteiger partial charge is 0.148 e. The predicted octanol–water partition coefficient (Wildman–Crippen LogP) is 1.81. The van der Waals surface area contributed by atoms with Gasteiger partial charge in [-0.05, 0) is 24.7 Å². The van der Waals surface area contributed by atoms with E-state index in [0.717, 1.165) is 25.3 Å². The number of aliphatic hydroxyl groups excluding tert-OH is 1. The Morgan fingerprint density at radius 2 is 2.30 bits per heavy atom. The van der Waals surface area contributed by atoms with Gasteiger partial charge >= 0.3 is 0 Å². The molecule has 0 aliphatic heterocycles. The molecule has 1 heterocycles. The second-order valence-electron chi connectivity index (χ2n) is 5.63. The molecule has 5 heteroatoms. The van der Waals surface area contributed by atoms with Crippen LogP contribution in [0, 0.1) is 11.8 Å². The van der Waals surface area contributed by atoms with Gasteiger partial charge in [0.25, 0.3) is 0 Å². The second-order valence-corrected chi connectivity index (χ2v) is 5.63. The van der Waals surface area contributed by atoms with Gasteiger partial charge in [0.05, 0.1) is 19.3 Å². The molecule has 1 aromatic rings. The first-order valence-corrected chi connectivity index (χ1v) is 7.29. The van der Waals surface area contributed by atoms with E-state index in [1.807, 2.05) is 19.3 Å². The van der Waals surface area contributed by atoms with Gasteiger partial charge in [0.2, 0.25) is 0 Å². The van der Waals surface area contributed by atoms with Gasteiger partial charge in [-0.15, -0.1) is 0 Å². The molecule has 0 saturated carbocycles. The van der Waals surface area contributed by atoms with Crippen molar-refractivity contribution in [1.82, 2.24) is 9.78 Å². The fourth-order valence-corrected chi connectivity index (χ4v) is 2.39. The molecule has 20 heavy (non-hydrogen) atoms. The number of allylic oxidation sites excluding steroid dienone is 2. The summed E-state index contributed by atoms with van der Waals surface area (Å²) in [6, 6.07) is 1.88. The van der Waals surface area contributed by atoms with Gasteiger partial charge in [0, 0.05) is 25.9 Å². The van der Waals surface area contributed by atoms with Crippen LogP contribution in [-0.2, 0) is 11.8 Å². The summed E-state index contributed by atoms with van der Waals surface area (Å²) < 4.78 is 7.37. The molecule has 0 radical (unpaired) electrons. The van der Waals surface area contributed by atoms with Crippen LogP contribution in [0.5, 0.6) is 0 Å². The number of hydrogen-bond acceptors (Lipinski definition) is 4. The van der Waals surface area contributed by atoms with Crippen LogP contribution < -0.4 is 5.32 Å². The molecule has 0 bridgehead atoms. The molecule has 112 valence electrons. The van der Waals surface area contributed by atoms with Crippen LogP contribution in [0.1, 0.15) is 19.8 Å². The third kappa shape index (κ3) is 4.65. The van der Waals surface area contributed by atoms with Crippen molar-refractivity contribution >= 4 is 5.82 Å². The summed E-state index contributed by atoms with van der Waals surface area (Å²) in [5.41, 5.74) is 0. The van der Waals surface area contributed by atoms with Crippen LogP contribution in [0.2, 0.25) is 0 Å². The zero-order valence-corrected chi connectivity index (χ0v) is 12.3. The molecule has 3 unspecified atom stereocenters. The van der Waals surface area contributed by atoms with Crippen molar-refractivity contribution in [3.05, 3.63) is 24.4 Å². The largest absolute Gasteiger partial charge is 0.389 e. The molecular weight excluding hydrogens is 254 g/mol. The maximum Gasteiger partial charge on any atom is 0.148 e. The van der Waals surface area contributed by atoms with Crippen LogP contribution in [-0.4, -0.2) is 40.7 Å². The van der Waals surface area contributed by atoms with Crippen molar-refractivity contribution in [2.45, 2.75) is 25.9 Å². The monoisotopic (exact) mass is 279 g/mol. The van der Waals surface area contributed by atoms with Crippen LogP contribution in [0.25, 0.3) is 0 Å². The minimum Gasteiger partial charge on any atom is -0.389 e. The summed E-state index contributed by atoms with van der Waals surface area (Å²) in [6.45, 7) is 3.81. The van der Waals surface area contributed by atoms with Crippen molar-refractivity contribution in [2.24, 2.45) is 18.9 Å². The van der Waals surface area contributed by atoms with Crippen molar-refractivity contribution in [3.63, 3.8) is 0 Å². The zero-order chi connectivity index (χ0) is 14.4. The number of ether oxygens (including phenoxy) is 1. The van der Waals surface area contributed by atoms with Crippen molar-refractivity contribution in [2.75, 3.05) is 25.1 Å². The fourth-order valence-electron chi connectivity index (χ4n) is 2.39. The van der Waals surface area contributed by atoms with E-state index in [9.17, 15) is 5.11 Å². The number of rotatable bonds is 7. The maximum absolute atomic E-state index is 9.88. The predicted molar refractivity (Wildman–Crippen MR) is 79.6 cm³/mol. The zero-order valence-electron chi connectivity index (χ0n) is 12.3. The SMILES string of the molecule is CC1CC=CCC1COCC(O)CNc1ccn(C)n1. The minimum absolute atomic E-state index is 0.368. The Kier molecular flexibility index (Phi) is 5.61. The molecule has 0 spiro atoms. The summed E-state index contributed by atoms with van der Waals surface area (Å²) in [6.07, 6.45) is 8.05. The molecule has 0 amide bonds. The van der Waals surface area contributed by atoms with E-state index in [0.29, 0.717) is 25.0 Å². The lowest BCUT2D eigenvalue weighted by molar-refractivity contribution is 0.0175. The van der Waals surface area contributed by atoms with Gasteiger partial charge < -0.3 is 15.2 Å². The van der Waals surface area contributed by atoms with E-state index in [-0.39, 0.29) is 0 Å². The molecule has 0 fully saturated rings. The molecule has 1 aromatic heterocycles. The van der Waals surface area contributed by atoms with E-state index >= 15 is 0 Å². The molecule has 5 nitrogen and oxygen atoms in total. The van der Waals surface area contributed by atoms with Gasteiger partial charge in [-0.25, -0.2) is 0 Å². The molecule has 0 saturated heterocycles. The Morgan fingerprint density at radius 1 is 1.50 bits per heavy atom. The number of aryl methyl sites for hydroxylation is 1. The Morgan fingerprint density at radius 3 is 3.00 bits per heavy atom. The number of nitrogens with zero attached hydrogens (tertiary/aromatic N) is 2. The number of nitrogens with one attached hydrogen (secondary N) is 1. The number of anilines is 1. The molecule has 1 aliphatic rings. The first-order valence-electron chi connectivity index (χ1n) is 7.29. The van der Waals surface area contributed by atoms with E-state index in [2.05, 4.69) is 29.5 Å². The van der Waals surface area contributed by atoms with E-state index in [1.54, 1.807) is 4.68 Å². The third-order valence-corrected chi connectivity index (χ3v) is 3.79. The average Bonchev–Trinajstić information content (AvgIpc) is 2.84. The van der Waals surface area contributed by atoms with Crippen molar-refractivity contribution in [1.29, 1.82) is 0 Å². The number of aromatic nitrogens is 2. The lowest BCUT2D eigenvalue weighted by Crippen LogP contribution is -2.27. The molecule has 1 aliphatic carbocycles. The minimum atomic E-state index is -0.508. The topological polar surface area (TPSA) is 59.3 Å². The van der Waals surface area contributed by atoms with Crippen molar-refractivity contribution in [3.8, 4) is 0 Å². The molecule has 0 aromatic carbocycles. The van der Waals surface area contributed by atoms with Gasteiger partial charge in [0.1, 0.15) is 5.82 Å². The Balaban J connectivity index is 1.60. The van der Waals surface area contributed by atoms with Gasteiger partial charge in [0.15, 0.2) is 0 Å². The molecule has 2 N–H and O–H groups in total. The van der Waals surface area contributed by atoms with Gasteiger partial charge in [-0.3, -0.25) is 4.68 Å². The van der Waals surface area contributed by atoms with Gasteiger partial charge in [-0.1, -0.05) is 19.1 Å². The Bertz CT molecular complexity index is 431. The van der Waals surface area contributed by atoms with E-state index in [1.165, 1.54) is 0 Å². The maximum atomic E-state index is 9.88. The summed E-state index contributed by atoms with van der Waals surface area (Å²) in [7, 11) is 1.87. The lowest BCUT2D eigenvalue weighted by Gasteiger charge is -2.25. The van der Waals surface area contributed by atoms with E-state index in [4.69, 9.17) is 4.74 Å². The summed E-state index contributed by atoms with van der Waals surface area (Å²) in [5.74, 6) is 2.03. The first kappa shape index (κ1) is 15.1. The molecular formula is C15H25N3O2. The second kappa shape index (κ2) is 7.45. The first-order chi connectivity index (χ1) is 9.65. The summed E-state index contributed by atoms with van der Waals surface area (Å²) in [5, 5.41) is 17.2. The average molecular weight is 279 g/mol. The highest BCUT2D eigenvalue weighted by Crippen LogP contribution is 2.24. The molecule has 2 rings (SSSR count). The van der Waals surface area contributed by atoms with Crippen molar-refractivity contribution < 1.29 is 9.84 Å². The Hall–Kier alpha value is -1.33. The van der Waals surface area contributed by atoms with E-state index < -0.39 is 6.10 Å². The fraction of sp³-hybridized carbons (Fsp3) is 0.667. The lowest BCUT2D eigenvalue weighted by atomic mass is 9.85. The highest BCUT2D eigenvalue weighted by atomic mass is 16.5. The number of aliphatic hydroxyl groups is 1. The highest BCUT2D eigenvalue weighted by Gasteiger charge is 2.18. The van der Waals surface area contributed by atoms with Crippen LogP contribution in [0.15, 0.2) is 24.4 Å².